The van der Waals surface area contributed by atoms with E-state index in [1.54, 1.807) is 16.7 Å². The lowest BCUT2D eigenvalue weighted by Gasteiger charge is -2.19. The summed E-state index contributed by atoms with van der Waals surface area (Å²) in [6, 6.07) is 7.20. The Morgan fingerprint density at radius 1 is 1.40 bits per heavy atom. The first-order valence-electron chi connectivity index (χ1n) is 6.27. The van der Waals surface area contributed by atoms with Crippen molar-refractivity contribution in [1.29, 1.82) is 0 Å². The van der Waals surface area contributed by atoms with Gasteiger partial charge in [0, 0.05) is 6.92 Å². The number of carbonyl (C=O) groups is 1. The second-order valence-corrected chi connectivity index (χ2v) is 6.80. The van der Waals surface area contributed by atoms with Gasteiger partial charge in [0.1, 0.15) is 0 Å². The fourth-order valence-corrected chi connectivity index (χ4v) is 3.68. The summed E-state index contributed by atoms with van der Waals surface area (Å²) in [7, 11) is 0. The van der Waals surface area contributed by atoms with Crippen LogP contribution in [0.25, 0.3) is 10.9 Å². The van der Waals surface area contributed by atoms with E-state index in [0.717, 1.165) is 0 Å². The lowest BCUT2D eigenvalue weighted by atomic mass is 10.2. The van der Waals surface area contributed by atoms with Gasteiger partial charge in [0.2, 0.25) is 5.44 Å². The molecule has 3 rings (SSSR count). The molecule has 0 saturated heterocycles. The molecule has 1 aromatic carbocycles. The zero-order valence-electron chi connectivity index (χ0n) is 11.4. The largest absolute Gasteiger partial charge is 0.443 e. The Morgan fingerprint density at radius 3 is 2.80 bits per heavy atom. The Morgan fingerprint density at radius 2 is 2.10 bits per heavy atom. The SMILES string of the molecule is CC(=O)OC1SC(C)(C)n2c1nc1ccccc1c2=O. The topological polar surface area (TPSA) is 61.2 Å². The third-order valence-corrected chi connectivity index (χ3v) is 4.50. The molecule has 6 heteroatoms. The molecule has 0 saturated carbocycles. The van der Waals surface area contributed by atoms with Crippen LogP contribution in [0.1, 0.15) is 32.0 Å². The van der Waals surface area contributed by atoms with Crippen molar-refractivity contribution in [3.05, 3.63) is 40.4 Å². The number of benzene rings is 1. The normalized spacial score (nSPS) is 19.9. The summed E-state index contributed by atoms with van der Waals surface area (Å²) in [4.78, 5) is 27.9. The van der Waals surface area contributed by atoms with Gasteiger partial charge in [-0.3, -0.25) is 14.2 Å². The lowest BCUT2D eigenvalue weighted by Crippen LogP contribution is -2.32. The number of carbonyl (C=O) groups excluding carboxylic acids is 1. The molecule has 20 heavy (non-hydrogen) atoms. The molecule has 2 heterocycles. The number of fused-ring (bicyclic) bond motifs is 2. The van der Waals surface area contributed by atoms with Gasteiger partial charge in [-0.1, -0.05) is 23.9 Å². The summed E-state index contributed by atoms with van der Waals surface area (Å²) in [6.45, 7) is 5.19. The molecule has 1 aromatic heterocycles. The van der Waals surface area contributed by atoms with Crippen molar-refractivity contribution in [3.63, 3.8) is 0 Å². The molecular formula is C14H14N2O3S. The van der Waals surface area contributed by atoms with Gasteiger partial charge in [-0.25, -0.2) is 4.98 Å². The van der Waals surface area contributed by atoms with Gasteiger partial charge < -0.3 is 4.74 Å². The first-order chi connectivity index (χ1) is 9.40. The number of nitrogens with zero attached hydrogens (tertiary/aromatic N) is 2. The highest BCUT2D eigenvalue weighted by Crippen LogP contribution is 2.48. The number of hydrogen-bond acceptors (Lipinski definition) is 5. The van der Waals surface area contributed by atoms with Crippen molar-refractivity contribution in [2.45, 2.75) is 31.1 Å². The number of rotatable bonds is 1. The van der Waals surface area contributed by atoms with Crippen molar-refractivity contribution in [2.24, 2.45) is 0 Å². The first kappa shape index (κ1) is 13.2. The van der Waals surface area contributed by atoms with Crippen molar-refractivity contribution < 1.29 is 9.53 Å². The fourth-order valence-electron chi connectivity index (χ4n) is 2.42. The summed E-state index contributed by atoms with van der Waals surface area (Å²) in [5.41, 5.74) is -0.0169. The van der Waals surface area contributed by atoms with Crippen molar-refractivity contribution in [3.8, 4) is 0 Å². The maximum absolute atomic E-state index is 12.6. The predicted octanol–water partition coefficient (Wildman–Crippen LogP) is 2.40. The van der Waals surface area contributed by atoms with Gasteiger partial charge in [-0.05, 0) is 26.0 Å². The smallest absolute Gasteiger partial charge is 0.304 e. The van der Waals surface area contributed by atoms with Crippen LogP contribution in [0.2, 0.25) is 0 Å². The molecule has 0 radical (unpaired) electrons. The fraction of sp³-hybridized carbons (Fsp3) is 0.357. The lowest BCUT2D eigenvalue weighted by molar-refractivity contribution is -0.142. The van der Waals surface area contributed by atoms with E-state index in [0.29, 0.717) is 16.7 Å². The van der Waals surface area contributed by atoms with Crippen LogP contribution in [0.3, 0.4) is 0 Å². The molecule has 0 bridgehead atoms. The van der Waals surface area contributed by atoms with Crippen LogP contribution in [0.15, 0.2) is 29.1 Å². The van der Waals surface area contributed by atoms with Crippen LogP contribution in [-0.4, -0.2) is 15.5 Å². The van der Waals surface area contributed by atoms with Crippen molar-refractivity contribution in [2.75, 3.05) is 0 Å². The van der Waals surface area contributed by atoms with Gasteiger partial charge in [0.15, 0.2) is 5.82 Å². The molecule has 1 aliphatic heterocycles. The summed E-state index contributed by atoms with van der Waals surface area (Å²) in [5, 5.41) is 0.577. The average molecular weight is 290 g/mol. The minimum Gasteiger partial charge on any atom is -0.443 e. The minimum absolute atomic E-state index is 0.0993. The van der Waals surface area contributed by atoms with Crippen molar-refractivity contribution in [1.82, 2.24) is 9.55 Å². The van der Waals surface area contributed by atoms with Crippen LogP contribution < -0.4 is 5.56 Å². The van der Waals surface area contributed by atoms with E-state index < -0.39 is 10.3 Å². The highest BCUT2D eigenvalue weighted by atomic mass is 32.2. The Kier molecular flexibility index (Phi) is 2.86. The predicted molar refractivity (Wildman–Crippen MR) is 77.4 cm³/mol. The molecule has 1 unspecified atom stereocenters. The molecule has 1 atom stereocenters. The van der Waals surface area contributed by atoms with Crippen LogP contribution >= 0.6 is 11.8 Å². The molecule has 5 nitrogen and oxygen atoms in total. The van der Waals surface area contributed by atoms with E-state index in [9.17, 15) is 9.59 Å². The van der Waals surface area contributed by atoms with Gasteiger partial charge in [-0.15, -0.1) is 0 Å². The quantitative estimate of drug-likeness (QED) is 0.755. The summed E-state index contributed by atoms with van der Waals surface area (Å²) in [5.74, 6) is 0.119. The Hall–Kier alpha value is -1.82. The molecule has 0 amide bonds. The molecule has 104 valence electrons. The highest BCUT2D eigenvalue weighted by molar-refractivity contribution is 8.00. The molecule has 1 aliphatic rings. The van der Waals surface area contributed by atoms with Crippen LogP contribution in [0.5, 0.6) is 0 Å². The van der Waals surface area contributed by atoms with E-state index in [2.05, 4.69) is 4.98 Å². The number of esters is 1. The van der Waals surface area contributed by atoms with Crippen LogP contribution in [-0.2, 0) is 14.4 Å². The van der Waals surface area contributed by atoms with Crippen LogP contribution in [0, 0.1) is 0 Å². The molecule has 0 N–H and O–H groups in total. The van der Waals surface area contributed by atoms with E-state index >= 15 is 0 Å². The van der Waals surface area contributed by atoms with E-state index in [1.165, 1.54) is 18.7 Å². The number of hydrogen-bond donors (Lipinski definition) is 0. The number of para-hydroxylation sites is 1. The second-order valence-electron chi connectivity index (χ2n) is 5.13. The third-order valence-electron chi connectivity index (χ3n) is 3.22. The number of ether oxygens (including phenoxy) is 1. The van der Waals surface area contributed by atoms with Gasteiger partial charge in [0.05, 0.1) is 15.8 Å². The maximum Gasteiger partial charge on any atom is 0.304 e. The Labute approximate surface area is 120 Å². The molecular weight excluding hydrogens is 276 g/mol. The zero-order valence-corrected chi connectivity index (χ0v) is 12.2. The van der Waals surface area contributed by atoms with E-state index in [1.807, 2.05) is 26.0 Å². The van der Waals surface area contributed by atoms with Gasteiger partial charge in [0.25, 0.3) is 5.56 Å². The summed E-state index contributed by atoms with van der Waals surface area (Å²) >= 11 is 1.41. The molecule has 0 aliphatic carbocycles. The first-order valence-corrected chi connectivity index (χ1v) is 7.15. The van der Waals surface area contributed by atoms with Crippen LogP contribution in [0.4, 0.5) is 0 Å². The highest BCUT2D eigenvalue weighted by Gasteiger charge is 2.41. The Balaban J connectivity index is 2.30. The van der Waals surface area contributed by atoms with Gasteiger partial charge in [-0.2, -0.15) is 0 Å². The summed E-state index contributed by atoms with van der Waals surface area (Å²) in [6.07, 6.45) is 0. The molecule has 0 spiro atoms. The maximum atomic E-state index is 12.6. The van der Waals surface area contributed by atoms with Gasteiger partial charge >= 0.3 is 5.97 Å². The van der Waals surface area contributed by atoms with E-state index in [4.69, 9.17) is 4.74 Å². The monoisotopic (exact) mass is 290 g/mol. The second kappa shape index (κ2) is 4.34. The third kappa shape index (κ3) is 1.91. The zero-order chi connectivity index (χ0) is 14.5. The standard InChI is InChI=1S/C14H14N2O3S/c1-8(17)19-13-11-15-10-7-5-4-6-9(10)12(18)16(11)14(2,3)20-13/h4-7,13H,1-3H3. The van der Waals surface area contributed by atoms with Crippen molar-refractivity contribution >= 4 is 28.6 Å². The summed E-state index contributed by atoms with van der Waals surface area (Å²) < 4.78 is 6.90. The molecule has 0 fully saturated rings. The minimum atomic E-state index is -0.542. The average Bonchev–Trinajstić information content (AvgIpc) is 2.60. The van der Waals surface area contributed by atoms with E-state index in [-0.39, 0.29) is 11.5 Å². The number of thioether (sulfide) groups is 1. The molecule has 2 aromatic rings. The number of aromatic nitrogens is 2. The Bertz CT molecular complexity index is 767.